The number of carbonyl (C=O) groups excluding carboxylic acids is 1. The number of benzene rings is 1. The Morgan fingerprint density at radius 2 is 1.85 bits per heavy atom. The fraction of sp³-hybridized carbons (Fsp3) is 0.450. The molecule has 6 heteroatoms. The number of Topliss-reactive ketones (excluding diaryl/α,β-unsaturated/α-hetero) is 1. The molecule has 0 amide bonds. The molecule has 1 aliphatic heterocycles. The second-order valence-electron chi connectivity index (χ2n) is 6.40. The number of aliphatic imine (C=N–C) groups is 1. The fourth-order valence-electron chi connectivity index (χ4n) is 3.88. The summed E-state index contributed by atoms with van der Waals surface area (Å²) in [5.41, 5.74) is 2.91. The monoisotopic (exact) mass is 354 g/mol. The highest BCUT2D eigenvalue weighted by Gasteiger charge is 2.41. The van der Waals surface area contributed by atoms with Gasteiger partial charge in [-0.05, 0) is 25.8 Å². The predicted octanol–water partition coefficient (Wildman–Crippen LogP) is 3.42. The molecule has 0 saturated heterocycles. The van der Waals surface area contributed by atoms with E-state index in [4.69, 9.17) is 14.2 Å². The van der Waals surface area contributed by atoms with Crippen LogP contribution in [0.1, 0.15) is 37.7 Å². The average Bonchev–Trinajstić information content (AvgIpc) is 2.65. The van der Waals surface area contributed by atoms with E-state index in [1.165, 1.54) is 7.11 Å². The number of allylic oxidation sites excluding steroid dienone is 2. The van der Waals surface area contributed by atoms with Gasteiger partial charge in [-0.1, -0.05) is 6.07 Å². The van der Waals surface area contributed by atoms with Gasteiger partial charge in [-0.15, -0.1) is 0 Å². The molecule has 0 fully saturated rings. The number of nitriles is 1. The van der Waals surface area contributed by atoms with Gasteiger partial charge in [-0.2, -0.15) is 5.26 Å². The second kappa shape index (κ2) is 7.20. The molecule has 0 bridgehead atoms. The molecular formula is C20H22N2O4. The molecule has 3 rings (SSSR count). The maximum atomic E-state index is 12.7. The molecule has 0 spiro atoms. The molecule has 1 aliphatic carbocycles. The molecule has 1 heterocycles. The van der Waals surface area contributed by atoms with Crippen LogP contribution in [0.25, 0.3) is 0 Å². The zero-order chi connectivity index (χ0) is 18.8. The maximum Gasteiger partial charge on any atom is 0.203 e. The smallest absolute Gasteiger partial charge is 0.203 e. The van der Waals surface area contributed by atoms with Crippen molar-refractivity contribution in [2.45, 2.75) is 32.1 Å². The number of carbonyl (C=O) groups is 1. The number of hydrogen-bond acceptors (Lipinski definition) is 6. The van der Waals surface area contributed by atoms with Gasteiger partial charge in [0.25, 0.3) is 0 Å². The third-order valence-electron chi connectivity index (χ3n) is 5.04. The van der Waals surface area contributed by atoms with Crippen molar-refractivity contribution in [3.63, 3.8) is 0 Å². The van der Waals surface area contributed by atoms with Crippen LogP contribution in [-0.4, -0.2) is 32.8 Å². The molecule has 2 atom stereocenters. The van der Waals surface area contributed by atoms with E-state index < -0.39 is 11.8 Å². The Hall–Kier alpha value is -2.81. The van der Waals surface area contributed by atoms with Gasteiger partial charge >= 0.3 is 0 Å². The predicted molar refractivity (Wildman–Crippen MR) is 96.9 cm³/mol. The Balaban J connectivity index is 2.26. The number of methoxy groups -OCH3 is 3. The second-order valence-corrected chi connectivity index (χ2v) is 6.40. The topological polar surface area (TPSA) is 80.9 Å². The minimum atomic E-state index is -0.525. The Kier molecular flexibility index (Phi) is 4.99. The van der Waals surface area contributed by atoms with Crippen LogP contribution in [0.3, 0.4) is 0 Å². The van der Waals surface area contributed by atoms with Gasteiger partial charge < -0.3 is 14.2 Å². The Labute approximate surface area is 153 Å². The van der Waals surface area contributed by atoms with Crippen LogP contribution in [0.2, 0.25) is 0 Å². The largest absolute Gasteiger partial charge is 0.493 e. The van der Waals surface area contributed by atoms with Crippen molar-refractivity contribution in [2.75, 3.05) is 21.3 Å². The van der Waals surface area contributed by atoms with E-state index in [0.29, 0.717) is 29.2 Å². The van der Waals surface area contributed by atoms with Crippen LogP contribution in [0, 0.1) is 17.2 Å². The van der Waals surface area contributed by atoms with Gasteiger partial charge in [0, 0.05) is 34.9 Å². The highest BCUT2D eigenvalue weighted by atomic mass is 16.5. The van der Waals surface area contributed by atoms with E-state index in [-0.39, 0.29) is 5.78 Å². The summed E-state index contributed by atoms with van der Waals surface area (Å²) >= 11 is 0. The summed E-state index contributed by atoms with van der Waals surface area (Å²) < 4.78 is 16.5. The van der Waals surface area contributed by atoms with Gasteiger partial charge in [0.15, 0.2) is 17.3 Å². The van der Waals surface area contributed by atoms with Crippen LogP contribution >= 0.6 is 0 Å². The Morgan fingerprint density at radius 3 is 2.46 bits per heavy atom. The van der Waals surface area contributed by atoms with Gasteiger partial charge in [0.1, 0.15) is 0 Å². The Morgan fingerprint density at radius 1 is 1.12 bits per heavy atom. The van der Waals surface area contributed by atoms with Crippen LogP contribution in [0.5, 0.6) is 17.2 Å². The van der Waals surface area contributed by atoms with Gasteiger partial charge in [0.05, 0.1) is 33.3 Å². The van der Waals surface area contributed by atoms with Gasteiger partial charge in [0.2, 0.25) is 5.75 Å². The van der Waals surface area contributed by atoms with Crippen molar-refractivity contribution in [3.8, 4) is 23.3 Å². The molecule has 136 valence electrons. The molecule has 0 aromatic heterocycles. The van der Waals surface area contributed by atoms with Crippen molar-refractivity contribution in [1.82, 2.24) is 0 Å². The fourth-order valence-corrected chi connectivity index (χ4v) is 3.88. The van der Waals surface area contributed by atoms with E-state index in [1.54, 1.807) is 20.3 Å². The quantitative estimate of drug-likeness (QED) is 0.827. The normalized spacial score (nSPS) is 22.3. The summed E-state index contributed by atoms with van der Waals surface area (Å²) in [5.74, 6) is 0.584. The van der Waals surface area contributed by atoms with Crippen LogP contribution in [0.4, 0.5) is 0 Å². The lowest BCUT2D eigenvalue weighted by Crippen LogP contribution is -2.31. The van der Waals surface area contributed by atoms with E-state index >= 15 is 0 Å². The number of ketones is 1. The van der Waals surface area contributed by atoms with Crippen molar-refractivity contribution >= 4 is 11.5 Å². The zero-order valence-corrected chi connectivity index (χ0v) is 15.5. The number of hydrogen-bond donors (Lipinski definition) is 0. The average molecular weight is 354 g/mol. The summed E-state index contributed by atoms with van der Waals surface area (Å²) in [6, 6.07) is 5.95. The minimum absolute atomic E-state index is 0.0598. The summed E-state index contributed by atoms with van der Waals surface area (Å²) in [6.45, 7) is 1.84. The SMILES string of the molecule is COc1ccc([C@H]2C3=C(CCCC3=O)N=C(C)C2C#N)c(OC)c1OC. The first kappa shape index (κ1) is 18.0. The molecule has 2 aliphatic rings. The molecule has 0 radical (unpaired) electrons. The molecule has 6 nitrogen and oxygen atoms in total. The van der Waals surface area contributed by atoms with Crippen LogP contribution in [-0.2, 0) is 4.79 Å². The van der Waals surface area contributed by atoms with Crippen molar-refractivity contribution in [1.29, 1.82) is 5.26 Å². The van der Waals surface area contributed by atoms with E-state index in [9.17, 15) is 10.1 Å². The summed E-state index contributed by atoms with van der Waals surface area (Å²) in [7, 11) is 4.64. The molecule has 0 N–H and O–H groups in total. The lowest BCUT2D eigenvalue weighted by atomic mass is 9.72. The lowest BCUT2D eigenvalue weighted by molar-refractivity contribution is -0.116. The molecule has 0 saturated carbocycles. The van der Waals surface area contributed by atoms with E-state index in [1.807, 2.05) is 13.0 Å². The first-order valence-electron chi connectivity index (χ1n) is 8.57. The summed E-state index contributed by atoms with van der Waals surface area (Å²) in [5, 5.41) is 9.80. The third kappa shape index (κ3) is 2.74. The minimum Gasteiger partial charge on any atom is -0.493 e. The molecular weight excluding hydrogens is 332 g/mol. The highest BCUT2D eigenvalue weighted by Crippen LogP contribution is 2.50. The number of rotatable bonds is 4. The molecule has 1 aromatic carbocycles. The standard InChI is InChI=1S/C20H22N2O4/c1-11-13(10-21)17(18-14(22-11)6-5-7-15(18)23)12-8-9-16(24-2)20(26-4)19(12)25-3/h8-9,13,17H,5-7H2,1-4H3/t13?,17-/m1/s1. The molecule has 26 heavy (non-hydrogen) atoms. The highest BCUT2D eigenvalue weighted by molar-refractivity contribution is 6.03. The van der Waals surface area contributed by atoms with Crippen LogP contribution in [0.15, 0.2) is 28.4 Å². The molecule has 1 aromatic rings. The summed E-state index contributed by atoms with van der Waals surface area (Å²) in [4.78, 5) is 17.3. The van der Waals surface area contributed by atoms with Crippen LogP contribution < -0.4 is 14.2 Å². The summed E-state index contributed by atoms with van der Waals surface area (Å²) in [6.07, 6.45) is 2.03. The van der Waals surface area contributed by atoms with Crippen molar-refractivity contribution in [2.24, 2.45) is 10.9 Å². The number of ether oxygens (including phenoxy) is 3. The first-order chi connectivity index (χ1) is 12.6. The van der Waals surface area contributed by atoms with Crippen molar-refractivity contribution in [3.05, 3.63) is 29.0 Å². The third-order valence-corrected chi connectivity index (χ3v) is 5.04. The Bertz CT molecular complexity index is 848. The molecule has 1 unspecified atom stereocenters. The lowest BCUT2D eigenvalue weighted by Gasteiger charge is -2.33. The van der Waals surface area contributed by atoms with Gasteiger partial charge in [-0.3, -0.25) is 9.79 Å². The van der Waals surface area contributed by atoms with Crippen molar-refractivity contribution < 1.29 is 19.0 Å². The maximum absolute atomic E-state index is 12.7. The number of nitrogens with zero attached hydrogens (tertiary/aromatic N) is 2. The van der Waals surface area contributed by atoms with E-state index in [0.717, 1.165) is 29.8 Å². The van der Waals surface area contributed by atoms with Gasteiger partial charge in [-0.25, -0.2) is 0 Å². The zero-order valence-electron chi connectivity index (χ0n) is 15.5. The van der Waals surface area contributed by atoms with E-state index in [2.05, 4.69) is 11.1 Å². The first-order valence-corrected chi connectivity index (χ1v) is 8.57.